The highest BCUT2D eigenvalue weighted by Gasteiger charge is 2.30. The molecule has 0 spiro atoms. The van der Waals surface area contributed by atoms with Crippen molar-refractivity contribution in [3.63, 3.8) is 0 Å². The van der Waals surface area contributed by atoms with Crippen molar-refractivity contribution in [3.05, 3.63) is 53.7 Å². The molecule has 0 radical (unpaired) electrons. The van der Waals surface area contributed by atoms with Crippen LogP contribution in [-0.4, -0.2) is 34.9 Å². The van der Waals surface area contributed by atoms with E-state index in [1.165, 1.54) is 5.56 Å². The molecular formula is C16H19N3O2. The highest BCUT2D eigenvalue weighted by Crippen LogP contribution is 2.15. The minimum atomic E-state index is -0.154. The minimum absolute atomic E-state index is 0.0883. The maximum absolute atomic E-state index is 12.2. The number of aryl methyl sites for hydroxylation is 1. The topological polar surface area (TPSA) is 58.4 Å². The quantitative estimate of drug-likeness (QED) is 0.925. The molecule has 1 amide bonds. The van der Waals surface area contributed by atoms with Gasteiger partial charge in [-0.1, -0.05) is 30.3 Å². The van der Waals surface area contributed by atoms with E-state index < -0.39 is 0 Å². The first kappa shape index (κ1) is 13.8. The summed E-state index contributed by atoms with van der Waals surface area (Å²) >= 11 is 0. The van der Waals surface area contributed by atoms with Crippen LogP contribution in [0, 0.1) is 6.92 Å². The number of carbonyl (C=O) groups excluding carboxylic acids is 1. The molecule has 110 valence electrons. The molecular weight excluding hydrogens is 266 g/mol. The molecule has 1 aromatic carbocycles. The molecule has 1 fully saturated rings. The lowest BCUT2D eigenvalue weighted by molar-refractivity contribution is -0.129. The second-order valence-electron chi connectivity index (χ2n) is 5.32. The third kappa shape index (κ3) is 3.31. The van der Waals surface area contributed by atoms with Gasteiger partial charge in [0.2, 0.25) is 5.91 Å². The van der Waals surface area contributed by atoms with Crippen LogP contribution in [0.2, 0.25) is 0 Å². The number of carbonyl (C=O) groups is 1. The molecule has 1 N–H and O–H groups in total. The summed E-state index contributed by atoms with van der Waals surface area (Å²) in [7, 11) is 0. The van der Waals surface area contributed by atoms with E-state index in [1.807, 2.05) is 25.1 Å². The second kappa shape index (κ2) is 6.10. The van der Waals surface area contributed by atoms with Gasteiger partial charge in [0.1, 0.15) is 6.26 Å². The third-order valence-corrected chi connectivity index (χ3v) is 3.75. The Morgan fingerprint density at radius 1 is 1.38 bits per heavy atom. The highest BCUT2D eigenvalue weighted by atomic mass is 16.3. The molecule has 0 saturated carbocycles. The van der Waals surface area contributed by atoms with Crippen molar-refractivity contribution in [2.45, 2.75) is 25.9 Å². The summed E-state index contributed by atoms with van der Waals surface area (Å²) in [5, 5.41) is 2.95. The van der Waals surface area contributed by atoms with Gasteiger partial charge in [0.15, 0.2) is 5.89 Å². The monoisotopic (exact) mass is 285 g/mol. The molecule has 1 aliphatic heterocycles. The van der Waals surface area contributed by atoms with E-state index >= 15 is 0 Å². The zero-order valence-electron chi connectivity index (χ0n) is 12.1. The van der Waals surface area contributed by atoms with Crippen molar-refractivity contribution < 1.29 is 9.21 Å². The van der Waals surface area contributed by atoms with Crippen molar-refractivity contribution in [3.8, 4) is 0 Å². The molecule has 2 heterocycles. The number of hydrogen-bond donors (Lipinski definition) is 1. The molecule has 5 nitrogen and oxygen atoms in total. The first-order valence-corrected chi connectivity index (χ1v) is 7.19. The van der Waals surface area contributed by atoms with Crippen LogP contribution in [0.25, 0.3) is 0 Å². The van der Waals surface area contributed by atoms with E-state index in [0.29, 0.717) is 25.4 Å². The van der Waals surface area contributed by atoms with Crippen LogP contribution in [0.3, 0.4) is 0 Å². The van der Waals surface area contributed by atoms with E-state index in [9.17, 15) is 4.79 Å². The Bertz CT molecular complexity index is 609. The van der Waals surface area contributed by atoms with Gasteiger partial charge in [-0.3, -0.25) is 9.69 Å². The fourth-order valence-electron chi connectivity index (χ4n) is 2.70. The van der Waals surface area contributed by atoms with Gasteiger partial charge in [-0.05, 0) is 12.0 Å². The highest BCUT2D eigenvalue weighted by molar-refractivity contribution is 5.82. The lowest BCUT2D eigenvalue weighted by atomic mass is 10.0. The molecule has 1 saturated heterocycles. The van der Waals surface area contributed by atoms with Gasteiger partial charge in [-0.25, -0.2) is 4.98 Å². The lowest BCUT2D eigenvalue weighted by Gasteiger charge is -2.34. The zero-order valence-corrected chi connectivity index (χ0v) is 12.1. The standard InChI is InChI=1S/C16H19N3O2/c1-12-18-14(11-21-12)10-19-8-7-17-16(20)15(19)9-13-5-3-2-4-6-13/h2-6,11,15H,7-10H2,1H3,(H,17,20)/t15-/m1/s1. The number of benzene rings is 1. The Hall–Kier alpha value is -2.14. The van der Waals surface area contributed by atoms with E-state index in [0.717, 1.165) is 12.2 Å². The molecule has 3 rings (SSSR count). The Morgan fingerprint density at radius 3 is 2.90 bits per heavy atom. The molecule has 0 aliphatic carbocycles. The molecule has 0 unspecified atom stereocenters. The van der Waals surface area contributed by atoms with Crippen LogP contribution in [0.5, 0.6) is 0 Å². The molecule has 2 aromatic rings. The Balaban J connectivity index is 1.74. The van der Waals surface area contributed by atoms with Gasteiger partial charge in [0.05, 0.1) is 11.7 Å². The number of hydrogen-bond acceptors (Lipinski definition) is 4. The SMILES string of the molecule is Cc1nc(CN2CCNC(=O)[C@H]2Cc2ccccc2)co1. The minimum Gasteiger partial charge on any atom is -0.449 e. The van der Waals surface area contributed by atoms with Crippen molar-refractivity contribution in [1.29, 1.82) is 0 Å². The fourth-order valence-corrected chi connectivity index (χ4v) is 2.70. The van der Waals surface area contributed by atoms with E-state index in [1.54, 1.807) is 6.26 Å². The molecule has 21 heavy (non-hydrogen) atoms. The average Bonchev–Trinajstić information content (AvgIpc) is 2.89. The first-order chi connectivity index (χ1) is 10.2. The summed E-state index contributed by atoms with van der Waals surface area (Å²) in [5.41, 5.74) is 2.04. The van der Waals surface area contributed by atoms with Gasteiger partial charge in [0, 0.05) is 26.6 Å². The maximum Gasteiger partial charge on any atom is 0.237 e. The largest absolute Gasteiger partial charge is 0.449 e. The average molecular weight is 285 g/mol. The predicted octanol–water partition coefficient (Wildman–Crippen LogP) is 1.53. The first-order valence-electron chi connectivity index (χ1n) is 7.19. The molecule has 1 atom stereocenters. The lowest BCUT2D eigenvalue weighted by Crippen LogP contribution is -2.55. The normalized spacial score (nSPS) is 19.5. The summed E-state index contributed by atoms with van der Waals surface area (Å²) < 4.78 is 5.25. The van der Waals surface area contributed by atoms with Crippen molar-refractivity contribution in [2.24, 2.45) is 0 Å². The summed E-state index contributed by atoms with van der Waals surface area (Å²) in [5.74, 6) is 0.747. The molecule has 1 aromatic heterocycles. The Morgan fingerprint density at radius 2 is 2.19 bits per heavy atom. The Kier molecular flexibility index (Phi) is 4.01. The summed E-state index contributed by atoms with van der Waals surface area (Å²) in [6.07, 6.45) is 2.38. The van der Waals surface area contributed by atoms with Crippen LogP contribution < -0.4 is 5.32 Å². The van der Waals surface area contributed by atoms with Crippen LogP contribution in [-0.2, 0) is 17.8 Å². The van der Waals surface area contributed by atoms with E-state index in [4.69, 9.17) is 4.42 Å². The molecule has 0 bridgehead atoms. The number of piperazine rings is 1. The van der Waals surface area contributed by atoms with Crippen LogP contribution in [0.1, 0.15) is 17.1 Å². The van der Waals surface area contributed by atoms with Crippen molar-refractivity contribution in [1.82, 2.24) is 15.2 Å². The number of rotatable bonds is 4. The number of oxazole rings is 1. The molecule has 1 aliphatic rings. The summed E-state index contributed by atoms with van der Waals surface area (Å²) in [6, 6.07) is 9.95. The number of nitrogens with one attached hydrogen (secondary N) is 1. The second-order valence-corrected chi connectivity index (χ2v) is 5.32. The van der Waals surface area contributed by atoms with Gasteiger partial charge in [0.25, 0.3) is 0 Å². The van der Waals surface area contributed by atoms with E-state index in [2.05, 4.69) is 27.3 Å². The van der Waals surface area contributed by atoms with Crippen molar-refractivity contribution in [2.75, 3.05) is 13.1 Å². The van der Waals surface area contributed by atoms with Crippen LogP contribution in [0.15, 0.2) is 41.0 Å². The number of nitrogens with zero attached hydrogens (tertiary/aromatic N) is 2. The van der Waals surface area contributed by atoms with Gasteiger partial charge in [-0.15, -0.1) is 0 Å². The van der Waals surface area contributed by atoms with Gasteiger partial charge >= 0.3 is 0 Å². The maximum atomic E-state index is 12.2. The smallest absolute Gasteiger partial charge is 0.237 e. The summed E-state index contributed by atoms with van der Waals surface area (Å²) in [6.45, 7) is 3.98. The van der Waals surface area contributed by atoms with Crippen LogP contribution in [0.4, 0.5) is 0 Å². The summed E-state index contributed by atoms with van der Waals surface area (Å²) in [4.78, 5) is 18.7. The fraction of sp³-hybridized carbons (Fsp3) is 0.375. The predicted molar refractivity (Wildman–Crippen MR) is 78.6 cm³/mol. The zero-order chi connectivity index (χ0) is 14.7. The van der Waals surface area contributed by atoms with Crippen molar-refractivity contribution >= 4 is 5.91 Å². The van der Waals surface area contributed by atoms with E-state index in [-0.39, 0.29) is 11.9 Å². The van der Waals surface area contributed by atoms with Gasteiger partial charge < -0.3 is 9.73 Å². The molecule has 5 heteroatoms. The number of amides is 1. The number of aromatic nitrogens is 1. The van der Waals surface area contributed by atoms with Gasteiger partial charge in [-0.2, -0.15) is 0 Å². The Labute approximate surface area is 124 Å². The van der Waals surface area contributed by atoms with Crippen LogP contribution >= 0.6 is 0 Å². The third-order valence-electron chi connectivity index (χ3n) is 3.75.